The average Bonchev–Trinajstić information content (AvgIpc) is 3.38. The van der Waals surface area contributed by atoms with E-state index in [4.69, 9.17) is 13.8 Å². The van der Waals surface area contributed by atoms with Crippen LogP contribution < -0.4 is 5.32 Å². The van der Waals surface area contributed by atoms with E-state index in [0.717, 1.165) is 96.3 Å². The van der Waals surface area contributed by atoms with Gasteiger partial charge in [-0.05, 0) is 109 Å². The summed E-state index contributed by atoms with van der Waals surface area (Å²) < 4.78 is 30.6. The number of unbranched alkanes of at least 4 members (excludes halogenated alkanes) is 23. The number of carbonyl (C=O) groups excluding carboxylic acids is 2. The Morgan fingerprint density at radius 3 is 1.36 bits per heavy atom. The van der Waals surface area contributed by atoms with Gasteiger partial charge in [-0.1, -0.05) is 233 Å². The van der Waals surface area contributed by atoms with Crippen LogP contribution >= 0.6 is 7.82 Å². The van der Waals surface area contributed by atoms with Crippen molar-refractivity contribution < 1.29 is 37.3 Å². The molecule has 0 spiro atoms. The summed E-state index contributed by atoms with van der Waals surface area (Å²) in [7, 11) is 1.44. The van der Waals surface area contributed by atoms with Gasteiger partial charge in [-0.25, -0.2) is 4.57 Å². The molecule has 0 aromatic rings. The zero-order chi connectivity index (χ0) is 55.7. The molecule has 1 amide bonds. The van der Waals surface area contributed by atoms with Crippen molar-refractivity contribution in [3.8, 4) is 0 Å². The van der Waals surface area contributed by atoms with Crippen LogP contribution in [0.25, 0.3) is 0 Å². The summed E-state index contributed by atoms with van der Waals surface area (Å²) in [4.78, 5) is 37.7. The Hall–Kier alpha value is -3.33. The lowest BCUT2D eigenvalue weighted by Crippen LogP contribution is -2.47. The molecule has 3 unspecified atom stereocenters. The molecule has 0 heterocycles. The number of rotatable bonds is 54. The fourth-order valence-corrected chi connectivity index (χ4v) is 8.96. The normalized spacial score (nSPS) is 14.5. The van der Waals surface area contributed by atoms with Gasteiger partial charge in [0, 0.05) is 12.8 Å². The highest BCUT2D eigenvalue weighted by molar-refractivity contribution is 7.47. The molecule has 0 bridgehead atoms. The molecule has 10 heteroatoms. The zero-order valence-electron chi connectivity index (χ0n) is 49.7. The van der Waals surface area contributed by atoms with E-state index in [2.05, 4.69) is 123 Å². The van der Waals surface area contributed by atoms with Crippen molar-refractivity contribution in [3.05, 3.63) is 109 Å². The van der Waals surface area contributed by atoms with E-state index in [1.165, 1.54) is 103 Å². The first-order valence-electron chi connectivity index (χ1n) is 30.7. The molecule has 0 aliphatic carbocycles. The van der Waals surface area contributed by atoms with Gasteiger partial charge >= 0.3 is 13.8 Å². The van der Waals surface area contributed by atoms with Gasteiger partial charge in [-0.2, -0.15) is 0 Å². The number of nitrogens with zero attached hydrogens (tertiary/aromatic N) is 1. The van der Waals surface area contributed by atoms with Gasteiger partial charge < -0.3 is 19.4 Å². The van der Waals surface area contributed by atoms with Crippen molar-refractivity contribution >= 4 is 19.7 Å². The zero-order valence-corrected chi connectivity index (χ0v) is 50.6. The first kappa shape index (κ1) is 72.7. The first-order chi connectivity index (χ1) is 36.9. The van der Waals surface area contributed by atoms with E-state index in [1.54, 1.807) is 0 Å². The first-order valence-corrected chi connectivity index (χ1v) is 32.2. The summed E-state index contributed by atoms with van der Waals surface area (Å²) >= 11 is 0. The highest BCUT2D eigenvalue weighted by Gasteiger charge is 2.30. The Bertz CT molecular complexity index is 1670. The van der Waals surface area contributed by atoms with Gasteiger partial charge in [0.25, 0.3) is 0 Å². The summed E-state index contributed by atoms with van der Waals surface area (Å²) in [5, 5.41) is 3.03. The number of likely N-dealkylation sites (N-methyl/N-ethyl adjacent to an activating group) is 1. The van der Waals surface area contributed by atoms with Crippen molar-refractivity contribution in [2.45, 2.75) is 258 Å². The van der Waals surface area contributed by atoms with E-state index < -0.39 is 20.0 Å². The number of nitrogens with one attached hydrogen (secondary N) is 1. The van der Waals surface area contributed by atoms with Gasteiger partial charge in [0.2, 0.25) is 5.91 Å². The van der Waals surface area contributed by atoms with Crippen LogP contribution in [0.5, 0.6) is 0 Å². The largest absolute Gasteiger partial charge is 0.472 e. The van der Waals surface area contributed by atoms with Gasteiger partial charge in [0.15, 0.2) is 0 Å². The van der Waals surface area contributed by atoms with Crippen LogP contribution in [0.4, 0.5) is 0 Å². The Morgan fingerprint density at radius 2 is 0.882 bits per heavy atom. The van der Waals surface area contributed by atoms with Crippen molar-refractivity contribution in [1.82, 2.24) is 5.32 Å². The third-order valence-electron chi connectivity index (χ3n) is 13.0. The predicted molar refractivity (Wildman–Crippen MR) is 327 cm³/mol. The second-order valence-corrected chi connectivity index (χ2v) is 23.0. The van der Waals surface area contributed by atoms with Gasteiger partial charge in [-0.15, -0.1) is 0 Å². The maximum Gasteiger partial charge on any atom is 0.472 e. The van der Waals surface area contributed by atoms with E-state index in [1.807, 2.05) is 33.3 Å². The summed E-state index contributed by atoms with van der Waals surface area (Å²) in [5.74, 6) is -0.592. The standard InChI is InChI=1S/C66H115N2O7P/c1-7-10-13-16-19-22-25-28-30-32-33-34-35-36-38-41-44-47-50-53-56-59-66(70)75-64(57-54-51-48-45-42-39-27-24-21-18-15-12-9-3)63(62-74-76(71,72)73-61-60-68(4,5)6)67-65(69)58-55-52-49-46-43-40-37-31-29-26-23-20-17-14-11-8-2/h10,13,19,22,28,30-31,33-34,36-38,40,43-44,47,54,57,63-64H,7-9,11-12,14-18,20-21,23-27,29,32,35,39,41-42,45-46,48-53,55-56,58-62H2,1-6H3,(H-,67,69,71,72)/p+1/b13-10-,22-19-,30-28-,34-33-,37-31+,38-36-,43-40+,47-44-,57-54+. The molecule has 76 heavy (non-hydrogen) atoms. The number of allylic oxidation sites excluding steroid dienone is 17. The Labute approximate surface area is 468 Å². The number of carbonyl (C=O) groups is 2. The summed E-state index contributed by atoms with van der Waals surface area (Å²) in [6.07, 6.45) is 75.2. The summed E-state index contributed by atoms with van der Waals surface area (Å²) in [6, 6.07) is -0.887. The Balaban J connectivity index is 5.44. The molecule has 0 aromatic carbocycles. The molecule has 0 radical (unpaired) electrons. The number of phosphoric ester groups is 1. The molecule has 0 aliphatic heterocycles. The molecule has 0 saturated heterocycles. The second kappa shape index (κ2) is 55.0. The van der Waals surface area contributed by atoms with Gasteiger partial charge in [-0.3, -0.25) is 18.6 Å². The maximum absolute atomic E-state index is 13.5. The molecule has 2 N–H and O–H groups in total. The number of hydrogen-bond donors (Lipinski definition) is 2. The molecule has 0 aliphatic rings. The average molecular weight is 1080 g/mol. The highest BCUT2D eigenvalue weighted by Crippen LogP contribution is 2.43. The van der Waals surface area contributed by atoms with Crippen LogP contribution in [0.15, 0.2) is 109 Å². The van der Waals surface area contributed by atoms with Gasteiger partial charge in [0.05, 0.1) is 33.8 Å². The minimum atomic E-state index is -4.47. The molecule has 0 aromatic heterocycles. The molecular formula is C66H116N2O7P+. The molecular weight excluding hydrogens is 964 g/mol. The Kier molecular flexibility index (Phi) is 52.6. The number of esters is 1. The molecule has 0 saturated carbocycles. The quantitative estimate of drug-likeness (QED) is 0.0156. The van der Waals surface area contributed by atoms with Crippen LogP contribution in [0.1, 0.15) is 245 Å². The maximum atomic E-state index is 13.5. The van der Waals surface area contributed by atoms with E-state index >= 15 is 0 Å². The lowest BCUT2D eigenvalue weighted by atomic mass is 10.0. The van der Waals surface area contributed by atoms with Crippen LogP contribution in [0.2, 0.25) is 0 Å². The van der Waals surface area contributed by atoms with Crippen LogP contribution in [0, 0.1) is 0 Å². The minimum absolute atomic E-state index is 0.0227. The SMILES string of the molecule is CC/C=C\C/C=C\C/C=C\C/C=C\C/C=C\C/C=C\CCCCC(=O)OC(/C=C/CCCCCCCCCCCCC)C(COP(=O)(O)OCC[N+](C)(C)C)NC(=O)CCCCC/C=C/C=C/CCCCCCCCC. The van der Waals surface area contributed by atoms with Crippen LogP contribution in [0.3, 0.4) is 0 Å². The smallest absolute Gasteiger partial charge is 0.456 e. The van der Waals surface area contributed by atoms with Crippen LogP contribution in [-0.2, 0) is 27.9 Å². The van der Waals surface area contributed by atoms with E-state index in [-0.39, 0.29) is 37.9 Å². The van der Waals surface area contributed by atoms with Crippen molar-refractivity contribution in [3.63, 3.8) is 0 Å². The van der Waals surface area contributed by atoms with Crippen molar-refractivity contribution in [1.29, 1.82) is 0 Å². The number of amides is 1. The minimum Gasteiger partial charge on any atom is -0.456 e. The van der Waals surface area contributed by atoms with Gasteiger partial charge in [0.1, 0.15) is 19.3 Å². The molecule has 0 rings (SSSR count). The highest BCUT2D eigenvalue weighted by atomic mass is 31.2. The predicted octanol–water partition coefficient (Wildman–Crippen LogP) is 18.9. The van der Waals surface area contributed by atoms with E-state index in [9.17, 15) is 19.0 Å². The fraction of sp³-hybridized carbons (Fsp3) is 0.697. The number of hydrogen-bond acceptors (Lipinski definition) is 6. The van der Waals surface area contributed by atoms with Crippen molar-refractivity contribution in [2.24, 2.45) is 0 Å². The number of ether oxygens (including phenoxy) is 1. The van der Waals surface area contributed by atoms with Crippen molar-refractivity contribution in [2.75, 3.05) is 40.9 Å². The molecule has 0 fully saturated rings. The number of phosphoric acid groups is 1. The summed E-state index contributed by atoms with van der Waals surface area (Å²) in [5.41, 5.74) is 0. The second-order valence-electron chi connectivity index (χ2n) is 21.5. The third kappa shape index (κ3) is 55.4. The number of quaternary nitrogens is 1. The summed E-state index contributed by atoms with van der Waals surface area (Å²) in [6.45, 7) is 6.83. The lowest BCUT2D eigenvalue weighted by molar-refractivity contribution is -0.870. The third-order valence-corrected chi connectivity index (χ3v) is 14.0. The lowest BCUT2D eigenvalue weighted by Gasteiger charge is -2.27. The monoisotopic (exact) mass is 1080 g/mol. The Morgan fingerprint density at radius 1 is 0.487 bits per heavy atom. The molecule has 3 atom stereocenters. The van der Waals surface area contributed by atoms with Crippen LogP contribution in [-0.4, -0.2) is 74.3 Å². The topological polar surface area (TPSA) is 111 Å². The van der Waals surface area contributed by atoms with E-state index in [0.29, 0.717) is 23.9 Å². The molecule has 436 valence electrons. The molecule has 9 nitrogen and oxygen atoms in total. The fourth-order valence-electron chi connectivity index (χ4n) is 8.23.